The number of carbonyl (C=O) groups is 1. The number of alkyl halides is 2. The highest BCUT2D eigenvalue weighted by molar-refractivity contribution is 7.10. The Hall–Kier alpha value is -2.55. The molecule has 0 fully saturated rings. The van der Waals surface area contributed by atoms with Crippen molar-refractivity contribution in [2.45, 2.75) is 38.5 Å². The molecule has 2 amide bonds. The smallest absolute Gasteiger partial charge is 0.387 e. The number of rotatable bonds is 5. The lowest BCUT2D eigenvalue weighted by atomic mass is 9.94. The highest BCUT2D eigenvalue weighted by atomic mass is 32.1. The lowest BCUT2D eigenvalue weighted by molar-refractivity contribution is -0.0505. The second-order valence-electron chi connectivity index (χ2n) is 6.26. The first-order valence-electron chi connectivity index (χ1n) is 8.58. The van der Waals surface area contributed by atoms with E-state index in [9.17, 15) is 13.6 Å². The first-order chi connectivity index (χ1) is 13.1. The van der Waals surface area contributed by atoms with Gasteiger partial charge in [-0.25, -0.2) is 4.79 Å². The molecule has 0 spiro atoms. The molecule has 1 aliphatic heterocycles. The largest absolute Gasteiger partial charge is 0.454 e. The Labute approximate surface area is 158 Å². The minimum atomic E-state index is -2.97. The van der Waals surface area contributed by atoms with Crippen molar-refractivity contribution in [2.75, 3.05) is 6.79 Å². The van der Waals surface area contributed by atoms with Gasteiger partial charge in [0.25, 0.3) is 0 Å². The third-order valence-corrected chi connectivity index (χ3v) is 5.56. The molecule has 0 bridgehead atoms. The van der Waals surface area contributed by atoms with Gasteiger partial charge in [-0.15, -0.1) is 11.3 Å². The number of fused-ring (bicyclic) bond motifs is 2. The van der Waals surface area contributed by atoms with E-state index in [2.05, 4.69) is 15.4 Å². The maximum atomic E-state index is 12.7. The average molecular weight is 396 g/mol. The first-order valence-corrected chi connectivity index (χ1v) is 9.46. The third-order valence-electron chi connectivity index (χ3n) is 4.57. The Morgan fingerprint density at radius 3 is 2.96 bits per heavy atom. The van der Waals surface area contributed by atoms with Crippen LogP contribution < -0.4 is 24.8 Å². The molecule has 1 atom stereocenters. The summed E-state index contributed by atoms with van der Waals surface area (Å²) < 4.78 is 40.4. The summed E-state index contributed by atoms with van der Waals surface area (Å²) in [4.78, 5) is 13.6. The van der Waals surface area contributed by atoms with Gasteiger partial charge >= 0.3 is 12.6 Å². The number of ether oxygens (including phenoxy) is 3. The Kier molecular flexibility index (Phi) is 5.02. The zero-order valence-electron chi connectivity index (χ0n) is 14.3. The standard InChI is InChI=1S/C18H18F2N2O4S/c19-17(20)26-13-7-15-14(24-9-25-15)6-10(13)8-21-18(23)22-12-2-1-3-16-11(12)4-5-27-16/h4-7,12,17H,1-3,8-9H2,(H2,21,22,23)/t12-/m0/s1. The van der Waals surface area contributed by atoms with Gasteiger partial charge in [0.2, 0.25) is 6.79 Å². The summed E-state index contributed by atoms with van der Waals surface area (Å²) in [6, 6.07) is 4.53. The molecule has 1 aliphatic carbocycles. The number of aryl methyl sites for hydroxylation is 1. The molecule has 1 aromatic heterocycles. The van der Waals surface area contributed by atoms with Crippen LogP contribution in [0.2, 0.25) is 0 Å². The van der Waals surface area contributed by atoms with Crippen molar-refractivity contribution >= 4 is 17.4 Å². The van der Waals surface area contributed by atoms with Crippen LogP contribution in [0.1, 0.15) is 34.9 Å². The quantitative estimate of drug-likeness (QED) is 0.803. The molecule has 0 unspecified atom stereocenters. The van der Waals surface area contributed by atoms with Crippen LogP contribution in [0.15, 0.2) is 23.6 Å². The molecule has 2 heterocycles. The fraction of sp³-hybridized carbons (Fsp3) is 0.389. The highest BCUT2D eigenvalue weighted by Crippen LogP contribution is 2.38. The molecule has 1 aromatic carbocycles. The van der Waals surface area contributed by atoms with Crippen molar-refractivity contribution in [1.29, 1.82) is 0 Å². The van der Waals surface area contributed by atoms with Crippen molar-refractivity contribution < 1.29 is 27.8 Å². The zero-order valence-corrected chi connectivity index (χ0v) is 15.1. The zero-order chi connectivity index (χ0) is 18.8. The predicted octanol–water partition coefficient (Wildman–Crippen LogP) is 3.96. The molecule has 144 valence electrons. The van der Waals surface area contributed by atoms with Gasteiger partial charge in [0.1, 0.15) is 5.75 Å². The van der Waals surface area contributed by atoms with Gasteiger partial charge in [-0.1, -0.05) is 0 Å². The summed E-state index contributed by atoms with van der Waals surface area (Å²) in [5.74, 6) is 0.724. The maximum absolute atomic E-state index is 12.7. The molecule has 6 nitrogen and oxygen atoms in total. The number of carbonyl (C=O) groups excluding carboxylic acids is 1. The summed E-state index contributed by atoms with van der Waals surface area (Å²) in [5.41, 5.74) is 1.54. The molecule has 2 N–H and O–H groups in total. The van der Waals surface area contributed by atoms with E-state index in [-0.39, 0.29) is 31.2 Å². The average Bonchev–Trinajstić information content (AvgIpc) is 3.28. The fourth-order valence-corrected chi connectivity index (χ4v) is 4.32. The molecular weight excluding hydrogens is 378 g/mol. The Morgan fingerprint density at radius 2 is 2.15 bits per heavy atom. The van der Waals surface area contributed by atoms with Gasteiger partial charge in [-0.3, -0.25) is 0 Å². The second-order valence-corrected chi connectivity index (χ2v) is 7.26. The van der Waals surface area contributed by atoms with Crippen molar-refractivity contribution in [3.8, 4) is 17.2 Å². The third kappa shape index (κ3) is 3.92. The summed E-state index contributed by atoms with van der Waals surface area (Å²) in [7, 11) is 0. The van der Waals surface area contributed by atoms with Gasteiger partial charge in [0, 0.05) is 23.1 Å². The van der Waals surface area contributed by atoms with Crippen LogP contribution in [0.4, 0.5) is 13.6 Å². The summed E-state index contributed by atoms with van der Waals surface area (Å²) in [5, 5.41) is 7.69. The summed E-state index contributed by atoms with van der Waals surface area (Å²) in [6.45, 7) is -2.93. The summed E-state index contributed by atoms with van der Waals surface area (Å²) in [6.07, 6.45) is 2.94. The first kappa shape index (κ1) is 17.8. The molecule has 4 rings (SSSR count). The van der Waals surface area contributed by atoms with E-state index >= 15 is 0 Å². The number of halogens is 2. The van der Waals surface area contributed by atoms with Gasteiger partial charge in [-0.2, -0.15) is 8.78 Å². The monoisotopic (exact) mass is 396 g/mol. The second kappa shape index (κ2) is 7.59. The van der Waals surface area contributed by atoms with Crippen LogP contribution in [0, 0.1) is 0 Å². The molecule has 0 radical (unpaired) electrons. The minimum absolute atomic E-state index is 0.0193. The Morgan fingerprint density at radius 1 is 1.33 bits per heavy atom. The Balaban J connectivity index is 1.42. The topological polar surface area (TPSA) is 68.8 Å². The molecule has 27 heavy (non-hydrogen) atoms. The van der Waals surface area contributed by atoms with Crippen molar-refractivity contribution in [3.63, 3.8) is 0 Å². The number of thiophene rings is 1. The number of amides is 2. The number of benzene rings is 1. The van der Waals surface area contributed by atoms with E-state index in [1.54, 1.807) is 11.3 Å². The van der Waals surface area contributed by atoms with Gasteiger partial charge in [0.05, 0.1) is 6.04 Å². The highest BCUT2D eigenvalue weighted by Gasteiger charge is 2.24. The lowest BCUT2D eigenvalue weighted by Gasteiger charge is -2.24. The minimum Gasteiger partial charge on any atom is -0.454 e. The molecule has 0 saturated carbocycles. The number of nitrogens with one attached hydrogen (secondary N) is 2. The van der Waals surface area contributed by atoms with Crippen molar-refractivity contribution in [1.82, 2.24) is 10.6 Å². The number of hydrogen-bond acceptors (Lipinski definition) is 5. The van der Waals surface area contributed by atoms with Crippen molar-refractivity contribution in [2.24, 2.45) is 0 Å². The predicted molar refractivity (Wildman–Crippen MR) is 94.6 cm³/mol. The van der Waals surface area contributed by atoms with E-state index in [0.717, 1.165) is 24.8 Å². The van der Waals surface area contributed by atoms with E-state index in [0.29, 0.717) is 17.1 Å². The summed E-state index contributed by atoms with van der Waals surface area (Å²) >= 11 is 1.70. The van der Waals surface area contributed by atoms with Crippen LogP contribution in [0.3, 0.4) is 0 Å². The molecular formula is C18H18F2N2O4S. The lowest BCUT2D eigenvalue weighted by Crippen LogP contribution is -2.38. The van der Waals surface area contributed by atoms with Crippen LogP contribution in [0.5, 0.6) is 17.2 Å². The van der Waals surface area contributed by atoms with Crippen molar-refractivity contribution in [3.05, 3.63) is 39.6 Å². The van der Waals surface area contributed by atoms with E-state index in [4.69, 9.17) is 9.47 Å². The van der Waals surface area contributed by atoms with E-state index in [1.165, 1.54) is 17.0 Å². The molecule has 9 heteroatoms. The molecule has 2 aliphatic rings. The molecule has 2 aromatic rings. The molecule has 0 saturated heterocycles. The van der Waals surface area contributed by atoms with Gasteiger partial charge < -0.3 is 24.8 Å². The van der Waals surface area contributed by atoms with Crippen LogP contribution in [-0.4, -0.2) is 19.4 Å². The fourth-order valence-electron chi connectivity index (χ4n) is 3.33. The normalized spacial score (nSPS) is 17.5. The van der Waals surface area contributed by atoms with Gasteiger partial charge in [0.15, 0.2) is 11.5 Å². The number of urea groups is 1. The van der Waals surface area contributed by atoms with E-state index in [1.807, 2.05) is 11.4 Å². The number of hydrogen-bond donors (Lipinski definition) is 2. The van der Waals surface area contributed by atoms with Crippen LogP contribution >= 0.6 is 11.3 Å². The van der Waals surface area contributed by atoms with Gasteiger partial charge in [-0.05, 0) is 42.3 Å². The Bertz CT molecular complexity index is 843. The van der Waals surface area contributed by atoms with Crippen LogP contribution in [0.25, 0.3) is 0 Å². The maximum Gasteiger partial charge on any atom is 0.387 e. The van der Waals surface area contributed by atoms with E-state index < -0.39 is 6.61 Å². The van der Waals surface area contributed by atoms with Crippen LogP contribution in [-0.2, 0) is 13.0 Å². The SMILES string of the molecule is O=C(NCc1cc2c(cc1OC(F)F)OCO2)N[C@H]1CCCc2sccc21.